The van der Waals surface area contributed by atoms with Gasteiger partial charge in [-0.2, -0.15) is 0 Å². The SMILES string of the molecule is C[n+]1cccc(NC(=O)c2ccc(C(=O)Nc3ccc[n+](C)c3)cc2)c1.Cc1ccc(S(=O)(=O)[O-])cc1.Cc1ccc(S(=O)(=O)[O-])cc1. The molecule has 3 aromatic carbocycles. The molecule has 0 radical (unpaired) electrons. The molecular weight excluding hydrogens is 657 g/mol. The lowest BCUT2D eigenvalue weighted by Crippen LogP contribution is -2.27. The van der Waals surface area contributed by atoms with Gasteiger partial charge in [-0.05, 0) is 74.5 Å². The largest absolute Gasteiger partial charge is 0.744 e. The van der Waals surface area contributed by atoms with Crippen molar-refractivity contribution in [2.24, 2.45) is 14.1 Å². The molecule has 12 nitrogen and oxygen atoms in total. The van der Waals surface area contributed by atoms with E-state index in [0.717, 1.165) is 11.1 Å². The molecule has 14 heteroatoms. The van der Waals surface area contributed by atoms with Crippen LogP contribution in [0.2, 0.25) is 0 Å². The first-order valence-corrected chi connectivity index (χ1v) is 17.0. The third kappa shape index (κ3) is 12.1. The number of rotatable bonds is 6. The maximum absolute atomic E-state index is 12.3. The van der Waals surface area contributed by atoms with E-state index in [4.69, 9.17) is 0 Å². The fourth-order valence-electron chi connectivity index (χ4n) is 3.91. The Morgan fingerprint density at radius 3 is 1.12 bits per heavy atom. The second kappa shape index (κ2) is 16.5. The van der Waals surface area contributed by atoms with Crippen LogP contribution in [0.3, 0.4) is 0 Å². The van der Waals surface area contributed by atoms with Gasteiger partial charge >= 0.3 is 0 Å². The Bertz CT molecular complexity index is 1930. The molecule has 0 aliphatic carbocycles. The van der Waals surface area contributed by atoms with E-state index in [0.29, 0.717) is 22.5 Å². The van der Waals surface area contributed by atoms with E-state index in [1.807, 2.05) is 86.1 Å². The predicted molar refractivity (Wildman–Crippen MR) is 176 cm³/mol. The number of hydrogen-bond acceptors (Lipinski definition) is 8. The molecule has 2 heterocycles. The summed E-state index contributed by atoms with van der Waals surface area (Å²) >= 11 is 0. The van der Waals surface area contributed by atoms with Crippen LogP contribution in [-0.4, -0.2) is 37.8 Å². The number of benzene rings is 3. The van der Waals surface area contributed by atoms with E-state index in [2.05, 4.69) is 10.6 Å². The third-order valence-corrected chi connectivity index (χ3v) is 8.12. The number of amides is 2. The number of hydrogen-bond donors (Lipinski definition) is 2. The summed E-state index contributed by atoms with van der Waals surface area (Å²) in [7, 11) is -4.77. The van der Waals surface area contributed by atoms with Gasteiger partial charge in [-0.25, -0.2) is 26.0 Å². The summed E-state index contributed by atoms with van der Waals surface area (Å²) in [6.45, 7) is 3.64. The number of nitrogens with one attached hydrogen (secondary N) is 2. The number of aromatic nitrogens is 2. The smallest absolute Gasteiger partial charge is 0.255 e. The van der Waals surface area contributed by atoms with E-state index in [1.54, 1.807) is 48.5 Å². The Labute approximate surface area is 279 Å². The molecule has 0 atom stereocenters. The second-order valence-electron chi connectivity index (χ2n) is 10.5. The van der Waals surface area contributed by atoms with Gasteiger partial charge in [0.05, 0.1) is 9.79 Å². The van der Waals surface area contributed by atoms with Crippen molar-refractivity contribution in [2.45, 2.75) is 23.6 Å². The van der Waals surface area contributed by atoms with Crippen LogP contribution in [-0.2, 0) is 34.3 Å². The molecule has 48 heavy (non-hydrogen) atoms. The lowest BCUT2D eigenvalue weighted by atomic mass is 10.1. The van der Waals surface area contributed by atoms with Gasteiger partial charge in [0.25, 0.3) is 11.8 Å². The molecule has 0 bridgehead atoms. The van der Waals surface area contributed by atoms with Crippen LogP contribution in [0.5, 0.6) is 0 Å². The first-order valence-electron chi connectivity index (χ1n) is 14.2. The highest BCUT2D eigenvalue weighted by Crippen LogP contribution is 2.12. The van der Waals surface area contributed by atoms with Crippen LogP contribution >= 0.6 is 0 Å². The minimum absolute atomic E-state index is 0.178. The van der Waals surface area contributed by atoms with Gasteiger partial charge in [0.15, 0.2) is 24.8 Å². The zero-order valence-corrected chi connectivity index (χ0v) is 28.2. The van der Waals surface area contributed by atoms with Crippen molar-refractivity contribution in [3.63, 3.8) is 0 Å². The molecule has 250 valence electrons. The van der Waals surface area contributed by atoms with E-state index in [1.165, 1.54) is 24.3 Å². The van der Waals surface area contributed by atoms with Gasteiger partial charge in [-0.1, -0.05) is 35.4 Å². The van der Waals surface area contributed by atoms with Crippen LogP contribution in [0.1, 0.15) is 31.8 Å². The highest BCUT2D eigenvalue weighted by Gasteiger charge is 2.11. The zero-order chi connectivity index (χ0) is 35.5. The minimum atomic E-state index is -4.27. The number of aryl methyl sites for hydroxylation is 4. The topological polar surface area (TPSA) is 180 Å². The molecule has 0 fully saturated rings. The molecule has 5 aromatic rings. The van der Waals surface area contributed by atoms with Gasteiger partial charge in [-0.3, -0.25) is 9.59 Å². The molecule has 0 aliphatic heterocycles. The molecule has 0 spiro atoms. The highest BCUT2D eigenvalue weighted by atomic mass is 32.2. The van der Waals surface area contributed by atoms with Crippen molar-refractivity contribution in [2.75, 3.05) is 10.6 Å². The Morgan fingerprint density at radius 1 is 0.542 bits per heavy atom. The summed E-state index contributed by atoms with van der Waals surface area (Å²) in [5.74, 6) is -0.448. The summed E-state index contributed by atoms with van der Waals surface area (Å²) in [5, 5.41) is 5.66. The normalized spacial score (nSPS) is 10.8. The first kappa shape index (κ1) is 37.2. The van der Waals surface area contributed by atoms with Crippen molar-refractivity contribution in [1.82, 2.24) is 0 Å². The van der Waals surface area contributed by atoms with Crippen molar-refractivity contribution in [3.8, 4) is 0 Å². The van der Waals surface area contributed by atoms with Crippen LogP contribution in [0, 0.1) is 13.8 Å². The molecule has 2 amide bonds. The molecule has 5 rings (SSSR count). The summed E-state index contributed by atoms with van der Waals surface area (Å²) in [4.78, 5) is 24.3. The number of pyridine rings is 2. The molecule has 0 saturated carbocycles. The Hall–Kier alpha value is -5.28. The number of carbonyl (C=O) groups is 2. The Balaban J connectivity index is 0.000000233. The summed E-state index contributed by atoms with van der Waals surface area (Å²) < 4.78 is 66.0. The summed E-state index contributed by atoms with van der Waals surface area (Å²) in [6.07, 6.45) is 7.41. The number of nitrogens with zero attached hydrogens (tertiary/aromatic N) is 2. The lowest BCUT2D eigenvalue weighted by molar-refractivity contribution is -0.670. The molecule has 0 aliphatic rings. The molecule has 2 aromatic heterocycles. The third-order valence-electron chi connectivity index (χ3n) is 6.42. The van der Waals surface area contributed by atoms with Gasteiger partial charge in [-0.15, -0.1) is 0 Å². The van der Waals surface area contributed by atoms with Crippen LogP contribution in [0.25, 0.3) is 0 Å². The predicted octanol–water partition coefficient (Wildman–Crippen LogP) is 3.64. The molecular formula is C34H34N4O8S2. The zero-order valence-electron chi connectivity index (χ0n) is 26.5. The fraction of sp³-hybridized carbons (Fsp3) is 0.118. The molecule has 2 N–H and O–H groups in total. The van der Waals surface area contributed by atoms with Crippen molar-refractivity contribution >= 4 is 43.4 Å². The molecule has 0 unspecified atom stereocenters. The van der Waals surface area contributed by atoms with Gasteiger partial charge < -0.3 is 19.7 Å². The lowest BCUT2D eigenvalue weighted by Gasteiger charge is -2.06. The van der Waals surface area contributed by atoms with E-state index >= 15 is 0 Å². The standard InChI is InChI=1S/C20H18N4O2.2C7H8O3S/c1-23-11-3-5-17(13-23)21-19(25)15-7-9-16(10-8-15)20(26)22-18-6-4-12-24(2)14-18;2*1-6-2-4-7(5-3-6)11(8,9)10/h3-14H,1-2H3;2*2-5H,1H3,(H,8,9,10). The molecule has 0 saturated heterocycles. The summed E-state index contributed by atoms with van der Waals surface area (Å²) in [6, 6.07) is 25.5. The minimum Gasteiger partial charge on any atom is -0.744 e. The number of carbonyl (C=O) groups excluding carboxylic acids is 2. The van der Waals surface area contributed by atoms with Gasteiger partial charge in [0, 0.05) is 23.3 Å². The fourth-order valence-corrected chi connectivity index (χ4v) is 4.85. The number of anilines is 2. The van der Waals surface area contributed by atoms with E-state index < -0.39 is 20.2 Å². The monoisotopic (exact) mass is 690 g/mol. The van der Waals surface area contributed by atoms with Gasteiger partial charge in [0.1, 0.15) is 45.7 Å². The average molecular weight is 691 g/mol. The van der Waals surface area contributed by atoms with E-state index in [9.17, 15) is 35.5 Å². The van der Waals surface area contributed by atoms with Crippen LogP contribution in [0.15, 0.2) is 132 Å². The average Bonchev–Trinajstić information content (AvgIpc) is 3.01. The van der Waals surface area contributed by atoms with E-state index in [-0.39, 0.29) is 21.6 Å². The van der Waals surface area contributed by atoms with Crippen molar-refractivity contribution in [1.29, 1.82) is 0 Å². The first-order chi connectivity index (χ1) is 22.5. The second-order valence-corrected chi connectivity index (χ2v) is 13.3. The highest BCUT2D eigenvalue weighted by molar-refractivity contribution is 7.86. The quantitative estimate of drug-likeness (QED) is 0.200. The van der Waals surface area contributed by atoms with Crippen molar-refractivity contribution in [3.05, 3.63) is 144 Å². The van der Waals surface area contributed by atoms with Crippen LogP contribution in [0.4, 0.5) is 11.4 Å². The Morgan fingerprint density at radius 2 is 0.854 bits per heavy atom. The van der Waals surface area contributed by atoms with Crippen molar-refractivity contribution < 1.29 is 44.7 Å². The van der Waals surface area contributed by atoms with Gasteiger partial charge in [0.2, 0.25) is 0 Å². The maximum atomic E-state index is 12.3. The maximum Gasteiger partial charge on any atom is 0.255 e. The van der Waals surface area contributed by atoms with Crippen LogP contribution < -0.4 is 19.8 Å². The summed E-state index contributed by atoms with van der Waals surface area (Å²) in [5.41, 5.74) is 4.24. The Kier molecular flexibility index (Phi) is 12.8.